The van der Waals surface area contributed by atoms with Crippen LogP contribution < -0.4 is 0 Å². The molecule has 2 aromatic carbocycles. The summed E-state index contributed by atoms with van der Waals surface area (Å²) in [5.74, 6) is 0.0776. The fourth-order valence-corrected chi connectivity index (χ4v) is 4.86. The SMILES string of the molecule is C=CCc1cccc(CN2C3CCC2CC(O)(c2ccc(F)cc2)C3)c1O. The zero-order valence-corrected chi connectivity index (χ0v) is 15.4. The van der Waals surface area contributed by atoms with Gasteiger partial charge in [-0.3, -0.25) is 4.90 Å². The average Bonchev–Trinajstić information content (AvgIpc) is 2.89. The van der Waals surface area contributed by atoms with Crippen LogP contribution in [0.3, 0.4) is 0 Å². The minimum atomic E-state index is -0.900. The van der Waals surface area contributed by atoms with Gasteiger partial charge in [0.1, 0.15) is 11.6 Å². The molecule has 0 amide bonds. The minimum absolute atomic E-state index is 0.265. The van der Waals surface area contributed by atoms with E-state index in [0.29, 0.717) is 31.6 Å². The molecule has 0 radical (unpaired) electrons. The zero-order valence-electron chi connectivity index (χ0n) is 15.4. The number of benzene rings is 2. The van der Waals surface area contributed by atoms with E-state index in [1.165, 1.54) is 12.1 Å². The number of rotatable bonds is 5. The summed E-state index contributed by atoms with van der Waals surface area (Å²) in [6.07, 6.45) is 5.82. The van der Waals surface area contributed by atoms with Crippen molar-refractivity contribution < 1.29 is 14.6 Å². The van der Waals surface area contributed by atoms with Crippen LogP contribution >= 0.6 is 0 Å². The number of halogens is 1. The van der Waals surface area contributed by atoms with Crippen LogP contribution in [0.4, 0.5) is 4.39 Å². The predicted molar refractivity (Wildman–Crippen MR) is 104 cm³/mol. The summed E-state index contributed by atoms with van der Waals surface area (Å²) < 4.78 is 13.3. The Kier molecular flexibility index (Phi) is 4.79. The molecule has 2 saturated heterocycles. The number of hydrogen-bond donors (Lipinski definition) is 2. The standard InChI is InChI=1S/C23H26FNO2/c1-2-4-16-5-3-6-17(22(16)26)15-25-20-11-12-21(25)14-23(27,13-20)18-7-9-19(24)10-8-18/h2-3,5-10,20-21,26-27H,1,4,11-15H2. The topological polar surface area (TPSA) is 43.7 Å². The van der Waals surface area contributed by atoms with Crippen molar-refractivity contribution in [3.05, 3.63) is 77.6 Å². The van der Waals surface area contributed by atoms with Gasteiger partial charge >= 0.3 is 0 Å². The van der Waals surface area contributed by atoms with E-state index in [4.69, 9.17) is 0 Å². The number of aliphatic hydroxyl groups is 1. The summed E-state index contributed by atoms with van der Waals surface area (Å²) >= 11 is 0. The molecule has 3 nitrogen and oxygen atoms in total. The lowest BCUT2D eigenvalue weighted by Crippen LogP contribution is -2.49. The second-order valence-electron chi connectivity index (χ2n) is 7.92. The molecule has 27 heavy (non-hydrogen) atoms. The van der Waals surface area contributed by atoms with Crippen LogP contribution in [0.25, 0.3) is 0 Å². The van der Waals surface area contributed by atoms with Gasteiger partial charge in [-0.2, -0.15) is 0 Å². The third-order valence-electron chi connectivity index (χ3n) is 6.22. The first-order chi connectivity index (χ1) is 13.0. The highest BCUT2D eigenvalue weighted by molar-refractivity contribution is 5.41. The van der Waals surface area contributed by atoms with E-state index in [-0.39, 0.29) is 17.9 Å². The largest absolute Gasteiger partial charge is 0.507 e. The number of piperidine rings is 1. The molecule has 2 unspecified atom stereocenters. The van der Waals surface area contributed by atoms with Crippen molar-refractivity contribution in [1.82, 2.24) is 4.90 Å². The number of phenols is 1. The molecule has 0 spiro atoms. The Morgan fingerprint density at radius 2 is 1.70 bits per heavy atom. The highest BCUT2D eigenvalue weighted by atomic mass is 19.1. The maximum atomic E-state index is 13.3. The Morgan fingerprint density at radius 1 is 1.07 bits per heavy atom. The highest BCUT2D eigenvalue weighted by Crippen LogP contribution is 2.46. The van der Waals surface area contributed by atoms with Gasteiger partial charge in [-0.05, 0) is 55.4 Å². The molecule has 0 aromatic heterocycles. The van der Waals surface area contributed by atoms with Gasteiger partial charge in [0.25, 0.3) is 0 Å². The first-order valence-electron chi connectivity index (χ1n) is 9.65. The van der Waals surface area contributed by atoms with E-state index in [1.807, 2.05) is 18.2 Å². The Balaban J connectivity index is 1.54. The number of allylic oxidation sites excluding steroid dienone is 1. The molecule has 2 N–H and O–H groups in total. The summed E-state index contributed by atoms with van der Waals surface area (Å²) in [7, 11) is 0. The van der Waals surface area contributed by atoms with E-state index in [1.54, 1.807) is 18.2 Å². The van der Waals surface area contributed by atoms with Crippen molar-refractivity contribution in [1.29, 1.82) is 0 Å². The molecule has 2 heterocycles. The van der Waals surface area contributed by atoms with Crippen molar-refractivity contribution >= 4 is 0 Å². The van der Waals surface area contributed by atoms with Gasteiger partial charge in [-0.1, -0.05) is 36.4 Å². The Labute approximate surface area is 159 Å². The number of para-hydroxylation sites is 1. The summed E-state index contributed by atoms with van der Waals surface area (Å²) in [5.41, 5.74) is 1.73. The monoisotopic (exact) mass is 367 g/mol. The smallest absolute Gasteiger partial charge is 0.123 e. The summed E-state index contributed by atoms with van der Waals surface area (Å²) in [6, 6.07) is 12.7. The number of aromatic hydroxyl groups is 1. The molecule has 2 aliphatic heterocycles. The number of hydrogen-bond acceptors (Lipinski definition) is 3. The van der Waals surface area contributed by atoms with E-state index in [9.17, 15) is 14.6 Å². The van der Waals surface area contributed by atoms with Crippen LogP contribution in [0.5, 0.6) is 5.75 Å². The van der Waals surface area contributed by atoms with Crippen LogP contribution in [0.15, 0.2) is 55.1 Å². The summed E-state index contributed by atoms with van der Waals surface area (Å²) in [5, 5.41) is 21.8. The van der Waals surface area contributed by atoms with Gasteiger partial charge in [0, 0.05) is 24.2 Å². The first-order valence-corrected chi connectivity index (χ1v) is 9.65. The van der Waals surface area contributed by atoms with Crippen LogP contribution in [0, 0.1) is 5.82 Å². The van der Waals surface area contributed by atoms with Crippen LogP contribution in [-0.4, -0.2) is 27.2 Å². The fraction of sp³-hybridized carbons (Fsp3) is 0.391. The van der Waals surface area contributed by atoms with E-state index < -0.39 is 5.60 Å². The number of phenolic OH excluding ortho intramolecular Hbond substituents is 1. The second kappa shape index (κ2) is 7.10. The van der Waals surface area contributed by atoms with Crippen LogP contribution in [-0.2, 0) is 18.6 Å². The van der Waals surface area contributed by atoms with Gasteiger partial charge in [-0.25, -0.2) is 4.39 Å². The number of nitrogens with zero attached hydrogens (tertiary/aromatic N) is 1. The quantitative estimate of drug-likeness (QED) is 0.776. The van der Waals surface area contributed by atoms with Gasteiger partial charge in [0.15, 0.2) is 0 Å². The Morgan fingerprint density at radius 3 is 2.33 bits per heavy atom. The van der Waals surface area contributed by atoms with E-state index in [2.05, 4.69) is 11.5 Å². The lowest BCUT2D eigenvalue weighted by atomic mass is 9.80. The molecule has 2 fully saturated rings. The molecule has 142 valence electrons. The molecular weight excluding hydrogens is 341 g/mol. The van der Waals surface area contributed by atoms with Gasteiger partial charge in [0.2, 0.25) is 0 Å². The summed E-state index contributed by atoms with van der Waals surface area (Å²) in [4.78, 5) is 2.42. The molecule has 4 heteroatoms. The number of fused-ring (bicyclic) bond motifs is 2. The maximum absolute atomic E-state index is 13.3. The van der Waals surface area contributed by atoms with Gasteiger partial charge in [-0.15, -0.1) is 6.58 Å². The average molecular weight is 367 g/mol. The van der Waals surface area contributed by atoms with Crippen molar-refractivity contribution in [3.8, 4) is 5.75 Å². The second-order valence-corrected chi connectivity index (χ2v) is 7.92. The Bertz CT molecular complexity index is 819. The van der Waals surface area contributed by atoms with Crippen LogP contribution in [0.2, 0.25) is 0 Å². The minimum Gasteiger partial charge on any atom is -0.507 e. The fourth-order valence-electron chi connectivity index (χ4n) is 4.86. The van der Waals surface area contributed by atoms with Crippen molar-refractivity contribution in [2.45, 2.75) is 56.3 Å². The molecular formula is C23H26FNO2. The molecule has 0 saturated carbocycles. The zero-order chi connectivity index (χ0) is 19.0. The van der Waals surface area contributed by atoms with Gasteiger partial charge < -0.3 is 10.2 Å². The maximum Gasteiger partial charge on any atom is 0.123 e. The van der Waals surface area contributed by atoms with Crippen LogP contribution in [0.1, 0.15) is 42.4 Å². The van der Waals surface area contributed by atoms with E-state index >= 15 is 0 Å². The third-order valence-corrected chi connectivity index (χ3v) is 6.22. The summed E-state index contributed by atoms with van der Waals surface area (Å²) in [6.45, 7) is 4.44. The molecule has 2 aromatic rings. The lowest BCUT2D eigenvalue weighted by Gasteiger charge is -2.44. The third kappa shape index (κ3) is 3.40. The van der Waals surface area contributed by atoms with Crippen molar-refractivity contribution in [2.75, 3.05) is 0 Å². The predicted octanol–water partition coefficient (Wildman–Crippen LogP) is 4.27. The van der Waals surface area contributed by atoms with E-state index in [0.717, 1.165) is 29.5 Å². The van der Waals surface area contributed by atoms with Gasteiger partial charge in [0.05, 0.1) is 5.60 Å². The Hall–Kier alpha value is -2.17. The first kappa shape index (κ1) is 18.2. The van der Waals surface area contributed by atoms with Crippen molar-refractivity contribution in [2.24, 2.45) is 0 Å². The molecule has 2 atom stereocenters. The molecule has 2 bridgehead atoms. The molecule has 4 rings (SSSR count). The lowest BCUT2D eigenvalue weighted by molar-refractivity contribution is -0.0596. The molecule has 0 aliphatic carbocycles. The highest BCUT2D eigenvalue weighted by Gasteiger charge is 2.48. The molecule has 2 aliphatic rings. The normalized spacial score (nSPS) is 27.6. The van der Waals surface area contributed by atoms with Crippen molar-refractivity contribution in [3.63, 3.8) is 0 Å².